The average Bonchev–Trinajstić information content (AvgIpc) is 2.87. The summed E-state index contributed by atoms with van der Waals surface area (Å²) in [5, 5.41) is 0. The molecule has 2 atom stereocenters. The van der Waals surface area contributed by atoms with E-state index in [1.54, 1.807) is 12.1 Å². The van der Waals surface area contributed by atoms with Gasteiger partial charge in [0.2, 0.25) is 0 Å². The zero-order valence-electron chi connectivity index (χ0n) is 13.0. The van der Waals surface area contributed by atoms with Crippen molar-refractivity contribution in [3.8, 4) is 5.75 Å². The minimum absolute atomic E-state index is 0.00880. The number of ether oxygens (including phenoxy) is 1. The molecular formula is C18H19F3N2O. The fraction of sp³-hybridized carbons (Fsp3) is 0.333. The molecule has 0 bridgehead atoms. The van der Waals surface area contributed by atoms with E-state index in [1.807, 2.05) is 18.2 Å². The van der Waals surface area contributed by atoms with Crippen LogP contribution in [-0.4, -0.2) is 30.4 Å². The molecule has 0 spiro atoms. The van der Waals surface area contributed by atoms with Crippen LogP contribution in [0.25, 0.3) is 0 Å². The van der Waals surface area contributed by atoms with Crippen LogP contribution >= 0.6 is 0 Å². The number of rotatable bonds is 4. The highest BCUT2D eigenvalue weighted by Crippen LogP contribution is 2.31. The number of halogens is 3. The zero-order valence-corrected chi connectivity index (χ0v) is 13.0. The standard InChI is InChI=1S/C18H19F3N2O/c19-18(20,21)24-15-8-4-7-14(9-15)16-11-23(12-17(16)22)10-13-5-2-1-3-6-13/h1-9,16-17H,10-12,22H2/t16-,17+/m1/s1. The third-order valence-electron chi connectivity index (χ3n) is 4.21. The maximum absolute atomic E-state index is 12.4. The van der Waals surface area contributed by atoms with Gasteiger partial charge >= 0.3 is 6.36 Å². The maximum Gasteiger partial charge on any atom is 0.573 e. The van der Waals surface area contributed by atoms with Crippen LogP contribution in [0.5, 0.6) is 5.75 Å². The van der Waals surface area contributed by atoms with Crippen molar-refractivity contribution < 1.29 is 17.9 Å². The summed E-state index contributed by atoms with van der Waals surface area (Å²) in [6, 6.07) is 16.0. The van der Waals surface area contributed by atoms with E-state index >= 15 is 0 Å². The number of alkyl halides is 3. The lowest BCUT2D eigenvalue weighted by Crippen LogP contribution is -2.28. The van der Waals surface area contributed by atoms with Gasteiger partial charge in [-0.05, 0) is 23.3 Å². The monoisotopic (exact) mass is 336 g/mol. The first kappa shape index (κ1) is 16.8. The van der Waals surface area contributed by atoms with E-state index in [4.69, 9.17) is 5.73 Å². The summed E-state index contributed by atoms with van der Waals surface area (Å²) >= 11 is 0. The number of likely N-dealkylation sites (tertiary alicyclic amines) is 1. The van der Waals surface area contributed by atoms with Gasteiger partial charge in [0.15, 0.2) is 0 Å². The molecule has 0 radical (unpaired) electrons. The molecule has 0 amide bonds. The Morgan fingerprint density at radius 1 is 1.04 bits per heavy atom. The second-order valence-corrected chi connectivity index (χ2v) is 6.07. The summed E-state index contributed by atoms with van der Waals surface area (Å²) in [6.07, 6.45) is -4.68. The molecule has 1 saturated heterocycles. The normalized spacial score (nSPS) is 21.8. The van der Waals surface area contributed by atoms with Crippen LogP contribution in [0.1, 0.15) is 17.0 Å². The quantitative estimate of drug-likeness (QED) is 0.928. The Bertz CT molecular complexity index is 675. The summed E-state index contributed by atoms with van der Waals surface area (Å²) in [5.41, 5.74) is 8.20. The molecule has 2 aromatic rings. The fourth-order valence-corrected chi connectivity index (χ4v) is 3.18. The first-order valence-electron chi connectivity index (χ1n) is 7.78. The third-order valence-corrected chi connectivity index (χ3v) is 4.21. The van der Waals surface area contributed by atoms with Crippen LogP contribution in [0.2, 0.25) is 0 Å². The lowest BCUT2D eigenvalue weighted by Gasteiger charge is -2.17. The Hall–Kier alpha value is -2.05. The van der Waals surface area contributed by atoms with Crippen LogP contribution in [0.3, 0.4) is 0 Å². The van der Waals surface area contributed by atoms with Gasteiger partial charge in [0, 0.05) is 31.6 Å². The van der Waals surface area contributed by atoms with Crippen molar-refractivity contribution >= 4 is 0 Å². The highest BCUT2D eigenvalue weighted by atomic mass is 19.4. The fourth-order valence-electron chi connectivity index (χ4n) is 3.18. The van der Waals surface area contributed by atoms with Crippen molar-refractivity contribution in [3.05, 3.63) is 65.7 Å². The Morgan fingerprint density at radius 2 is 1.79 bits per heavy atom. The first-order chi connectivity index (χ1) is 11.4. The average molecular weight is 336 g/mol. The van der Waals surface area contributed by atoms with E-state index in [-0.39, 0.29) is 17.7 Å². The molecule has 2 N–H and O–H groups in total. The SMILES string of the molecule is N[C@H]1CN(Cc2ccccc2)C[C@@H]1c1cccc(OC(F)(F)F)c1. The molecule has 1 aliphatic heterocycles. The van der Waals surface area contributed by atoms with Crippen LogP contribution in [0, 0.1) is 0 Å². The van der Waals surface area contributed by atoms with Gasteiger partial charge in [-0.2, -0.15) is 0 Å². The lowest BCUT2D eigenvalue weighted by atomic mass is 9.95. The minimum atomic E-state index is -4.68. The molecule has 0 aromatic heterocycles. The van der Waals surface area contributed by atoms with E-state index in [0.717, 1.165) is 12.1 Å². The molecule has 2 aromatic carbocycles. The zero-order chi connectivity index (χ0) is 17.2. The Morgan fingerprint density at radius 3 is 2.50 bits per heavy atom. The molecule has 6 heteroatoms. The van der Waals surface area contributed by atoms with Gasteiger partial charge in [-0.3, -0.25) is 4.90 Å². The minimum Gasteiger partial charge on any atom is -0.406 e. The van der Waals surface area contributed by atoms with Crippen molar-refractivity contribution in [1.82, 2.24) is 4.90 Å². The lowest BCUT2D eigenvalue weighted by molar-refractivity contribution is -0.274. The molecule has 0 saturated carbocycles. The predicted molar refractivity (Wildman–Crippen MR) is 85.6 cm³/mol. The van der Waals surface area contributed by atoms with Crippen molar-refractivity contribution in [2.75, 3.05) is 13.1 Å². The van der Waals surface area contributed by atoms with Gasteiger partial charge in [0.1, 0.15) is 5.75 Å². The maximum atomic E-state index is 12.4. The van der Waals surface area contributed by atoms with Crippen LogP contribution in [0.4, 0.5) is 13.2 Å². The first-order valence-corrected chi connectivity index (χ1v) is 7.78. The van der Waals surface area contributed by atoms with E-state index in [1.165, 1.54) is 17.7 Å². The molecule has 1 aliphatic rings. The van der Waals surface area contributed by atoms with Crippen molar-refractivity contribution in [2.24, 2.45) is 5.73 Å². The molecule has 0 unspecified atom stereocenters. The van der Waals surface area contributed by atoms with E-state index in [2.05, 4.69) is 21.8 Å². The topological polar surface area (TPSA) is 38.5 Å². The summed E-state index contributed by atoms with van der Waals surface area (Å²) in [4.78, 5) is 2.22. The van der Waals surface area contributed by atoms with Gasteiger partial charge in [-0.1, -0.05) is 42.5 Å². The van der Waals surface area contributed by atoms with Gasteiger partial charge < -0.3 is 10.5 Å². The molecule has 3 nitrogen and oxygen atoms in total. The van der Waals surface area contributed by atoms with Crippen LogP contribution in [-0.2, 0) is 6.54 Å². The van der Waals surface area contributed by atoms with Gasteiger partial charge in [0.25, 0.3) is 0 Å². The largest absolute Gasteiger partial charge is 0.573 e. The van der Waals surface area contributed by atoms with Gasteiger partial charge in [-0.25, -0.2) is 0 Å². The van der Waals surface area contributed by atoms with Gasteiger partial charge in [0.05, 0.1) is 0 Å². The summed E-state index contributed by atoms with van der Waals surface area (Å²) in [7, 11) is 0. The van der Waals surface area contributed by atoms with E-state index in [9.17, 15) is 13.2 Å². The number of hydrogen-bond donors (Lipinski definition) is 1. The molecule has 24 heavy (non-hydrogen) atoms. The van der Waals surface area contributed by atoms with Crippen LogP contribution in [0.15, 0.2) is 54.6 Å². The Balaban J connectivity index is 1.70. The van der Waals surface area contributed by atoms with E-state index < -0.39 is 6.36 Å². The number of benzene rings is 2. The third kappa shape index (κ3) is 4.27. The smallest absolute Gasteiger partial charge is 0.406 e. The number of hydrogen-bond acceptors (Lipinski definition) is 3. The molecule has 1 heterocycles. The molecule has 1 fully saturated rings. The van der Waals surface area contributed by atoms with Crippen LogP contribution < -0.4 is 10.5 Å². The summed E-state index contributed by atoms with van der Waals surface area (Å²) in [5.74, 6) is -0.209. The highest BCUT2D eigenvalue weighted by Gasteiger charge is 2.33. The predicted octanol–water partition coefficient (Wildman–Crippen LogP) is 3.51. The molecular weight excluding hydrogens is 317 g/mol. The van der Waals surface area contributed by atoms with Gasteiger partial charge in [-0.15, -0.1) is 13.2 Å². The summed E-state index contributed by atoms with van der Waals surface area (Å²) < 4.78 is 41.1. The van der Waals surface area contributed by atoms with E-state index in [0.29, 0.717) is 13.1 Å². The molecule has 128 valence electrons. The Kier molecular flexibility index (Phi) is 4.78. The highest BCUT2D eigenvalue weighted by molar-refractivity contribution is 5.33. The van der Waals surface area contributed by atoms with Crippen molar-refractivity contribution in [2.45, 2.75) is 24.9 Å². The number of nitrogens with zero attached hydrogens (tertiary/aromatic N) is 1. The second-order valence-electron chi connectivity index (χ2n) is 6.07. The van der Waals surface area contributed by atoms with Crippen molar-refractivity contribution in [1.29, 1.82) is 0 Å². The molecule has 3 rings (SSSR count). The van der Waals surface area contributed by atoms with Crippen molar-refractivity contribution in [3.63, 3.8) is 0 Å². The number of nitrogens with two attached hydrogens (primary N) is 1. The Labute approximate surface area is 138 Å². The second kappa shape index (κ2) is 6.83. The molecule has 0 aliphatic carbocycles. The summed E-state index contributed by atoms with van der Waals surface area (Å²) in [6.45, 7) is 2.21.